The van der Waals surface area contributed by atoms with E-state index in [-0.39, 0.29) is 0 Å². The first-order chi connectivity index (χ1) is 11.6. The lowest BCUT2D eigenvalue weighted by Crippen LogP contribution is -2.48. The monoisotopic (exact) mass is 346 g/mol. The Morgan fingerprint density at radius 2 is 1.75 bits per heavy atom. The van der Waals surface area contributed by atoms with Crippen LogP contribution in [0.25, 0.3) is 6.08 Å². The average molecular weight is 346 g/mol. The number of nitrogens with zero attached hydrogens (tertiary/aromatic N) is 4. The molecule has 0 saturated carbocycles. The molecule has 7 heteroatoms. The van der Waals surface area contributed by atoms with Crippen molar-refractivity contribution < 1.29 is 8.42 Å². The molecule has 128 valence electrons. The highest BCUT2D eigenvalue weighted by Gasteiger charge is 2.24. The first-order valence-corrected chi connectivity index (χ1v) is 9.57. The number of hydrogen-bond donors (Lipinski definition) is 0. The van der Waals surface area contributed by atoms with Gasteiger partial charge in [0.05, 0.1) is 6.54 Å². The molecule has 6 nitrogen and oxygen atoms in total. The van der Waals surface area contributed by atoms with Crippen molar-refractivity contribution in [1.29, 1.82) is 0 Å². The fourth-order valence-electron chi connectivity index (χ4n) is 2.70. The second kappa shape index (κ2) is 7.74. The molecule has 1 aromatic heterocycles. The molecule has 1 aliphatic heterocycles. The summed E-state index contributed by atoms with van der Waals surface area (Å²) in [4.78, 5) is 2.27. The predicted octanol–water partition coefficient (Wildman–Crippen LogP) is 1.50. The fourth-order valence-corrected chi connectivity index (χ4v) is 3.87. The van der Waals surface area contributed by atoms with Crippen LogP contribution in [0.3, 0.4) is 0 Å². The van der Waals surface area contributed by atoms with Crippen LogP contribution in [0.1, 0.15) is 5.56 Å². The molecule has 1 fully saturated rings. The third-order valence-corrected chi connectivity index (χ3v) is 5.69. The topological polar surface area (TPSA) is 58.4 Å². The highest BCUT2D eigenvalue weighted by Crippen LogP contribution is 2.11. The lowest BCUT2D eigenvalue weighted by atomic mass is 10.2. The Morgan fingerprint density at radius 1 is 1.00 bits per heavy atom. The Kier molecular flexibility index (Phi) is 5.44. The maximum absolute atomic E-state index is 12.4. The van der Waals surface area contributed by atoms with Crippen LogP contribution >= 0.6 is 0 Å². The zero-order valence-electron chi connectivity index (χ0n) is 13.5. The lowest BCUT2D eigenvalue weighted by Gasteiger charge is -2.33. The van der Waals surface area contributed by atoms with Gasteiger partial charge in [0, 0.05) is 50.5 Å². The van der Waals surface area contributed by atoms with Gasteiger partial charge in [0.25, 0.3) is 0 Å². The van der Waals surface area contributed by atoms with Crippen LogP contribution < -0.4 is 0 Å². The van der Waals surface area contributed by atoms with E-state index in [1.807, 2.05) is 47.3 Å². The van der Waals surface area contributed by atoms with Gasteiger partial charge in [-0.2, -0.15) is 9.40 Å². The van der Waals surface area contributed by atoms with Crippen LogP contribution in [0.2, 0.25) is 0 Å². The molecule has 0 spiro atoms. The standard InChI is InChI=1S/C17H22N4O2S/c22-24(23,16-7-17-5-2-1-3-6-17)21-14-11-19(12-15-21)10-13-20-9-4-8-18-20/h1-9,16H,10-15H2. The van der Waals surface area contributed by atoms with Crippen LogP contribution in [0, 0.1) is 0 Å². The van der Waals surface area contributed by atoms with Crippen LogP contribution in [-0.4, -0.2) is 60.1 Å². The minimum atomic E-state index is -3.35. The minimum absolute atomic E-state index is 0.528. The van der Waals surface area contributed by atoms with Crippen molar-refractivity contribution in [2.45, 2.75) is 6.54 Å². The normalized spacial score (nSPS) is 17.5. The van der Waals surface area contributed by atoms with Crippen LogP contribution in [0.15, 0.2) is 54.2 Å². The molecule has 0 unspecified atom stereocenters. The molecular formula is C17H22N4O2S. The predicted molar refractivity (Wildman–Crippen MR) is 94.6 cm³/mol. The number of hydrogen-bond acceptors (Lipinski definition) is 4. The molecule has 1 aromatic carbocycles. The summed E-state index contributed by atoms with van der Waals surface area (Å²) in [6.45, 7) is 4.27. The molecule has 2 heterocycles. The van der Waals surface area contributed by atoms with E-state index < -0.39 is 10.0 Å². The Morgan fingerprint density at radius 3 is 2.42 bits per heavy atom. The van der Waals surface area contributed by atoms with Crippen molar-refractivity contribution >= 4 is 16.1 Å². The molecule has 0 bridgehead atoms. The summed E-state index contributed by atoms with van der Waals surface area (Å²) in [6, 6.07) is 11.4. The van der Waals surface area contributed by atoms with Crippen molar-refractivity contribution in [1.82, 2.24) is 19.0 Å². The second-order valence-electron chi connectivity index (χ2n) is 5.77. The van der Waals surface area contributed by atoms with Crippen molar-refractivity contribution in [3.05, 3.63) is 59.8 Å². The first kappa shape index (κ1) is 16.9. The van der Waals surface area contributed by atoms with E-state index in [4.69, 9.17) is 0 Å². The number of piperazine rings is 1. The molecule has 0 aliphatic carbocycles. The SMILES string of the molecule is O=S(=O)(C=Cc1ccccc1)N1CCN(CCn2cccn2)CC1. The van der Waals surface area contributed by atoms with E-state index in [1.165, 1.54) is 5.41 Å². The highest BCUT2D eigenvalue weighted by atomic mass is 32.2. The van der Waals surface area contributed by atoms with Crippen molar-refractivity contribution in [3.63, 3.8) is 0 Å². The number of aromatic nitrogens is 2. The Labute approximate surface area is 143 Å². The fraction of sp³-hybridized carbons (Fsp3) is 0.353. The summed E-state index contributed by atoms with van der Waals surface area (Å²) in [5.41, 5.74) is 0.888. The van der Waals surface area contributed by atoms with Crippen molar-refractivity contribution in [3.8, 4) is 0 Å². The number of sulfonamides is 1. The van der Waals surface area contributed by atoms with Crippen molar-refractivity contribution in [2.75, 3.05) is 32.7 Å². The second-order valence-corrected chi connectivity index (χ2v) is 7.59. The van der Waals surface area contributed by atoms with Gasteiger partial charge in [-0.25, -0.2) is 8.42 Å². The summed E-state index contributed by atoms with van der Waals surface area (Å²) < 4.78 is 28.3. The van der Waals surface area contributed by atoms with Crippen molar-refractivity contribution in [2.24, 2.45) is 0 Å². The van der Waals surface area contributed by atoms with E-state index in [0.29, 0.717) is 13.1 Å². The van der Waals surface area contributed by atoms with E-state index in [9.17, 15) is 8.42 Å². The van der Waals surface area contributed by atoms with Gasteiger partial charge in [-0.15, -0.1) is 0 Å². The third kappa shape index (κ3) is 4.53. The van der Waals surface area contributed by atoms with E-state index in [2.05, 4.69) is 10.00 Å². The molecule has 0 atom stereocenters. The molecule has 3 rings (SSSR count). The number of benzene rings is 1. The van der Waals surface area contributed by atoms with Crippen LogP contribution in [0.5, 0.6) is 0 Å². The molecule has 24 heavy (non-hydrogen) atoms. The van der Waals surface area contributed by atoms with Gasteiger partial charge in [0.15, 0.2) is 0 Å². The quantitative estimate of drug-likeness (QED) is 0.795. The van der Waals surface area contributed by atoms with Crippen LogP contribution in [-0.2, 0) is 16.6 Å². The maximum atomic E-state index is 12.4. The van der Waals surface area contributed by atoms with E-state index in [0.717, 1.165) is 31.7 Å². The summed E-state index contributed by atoms with van der Waals surface area (Å²) >= 11 is 0. The molecule has 1 aliphatic rings. The summed E-state index contributed by atoms with van der Waals surface area (Å²) in [5, 5.41) is 5.49. The van der Waals surface area contributed by atoms with Crippen LogP contribution in [0.4, 0.5) is 0 Å². The van der Waals surface area contributed by atoms with Gasteiger partial charge >= 0.3 is 0 Å². The molecule has 1 saturated heterocycles. The largest absolute Gasteiger partial charge is 0.299 e. The van der Waals surface area contributed by atoms with E-state index >= 15 is 0 Å². The van der Waals surface area contributed by atoms with Gasteiger partial charge in [-0.3, -0.25) is 9.58 Å². The Hall–Kier alpha value is -1.96. The average Bonchev–Trinajstić information content (AvgIpc) is 3.13. The van der Waals surface area contributed by atoms with Gasteiger partial charge < -0.3 is 0 Å². The highest BCUT2D eigenvalue weighted by molar-refractivity contribution is 7.92. The molecule has 2 aromatic rings. The van der Waals surface area contributed by atoms with Gasteiger partial charge in [0.2, 0.25) is 10.0 Å². The Balaban J connectivity index is 1.50. The minimum Gasteiger partial charge on any atom is -0.299 e. The molecule has 0 amide bonds. The first-order valence-electron chi connectivity index (χ1n) is 8.06. The Bertz CT molecular complexity index is 749. The zero-order chi connectivity index (χ0) is 16.8. The smallest absolute Gasteiger partial charge is 0.236 e. The molecule has 0 N–H and O–H groups in total. The maximum Gasteiger partial charge on any atom is 0.236 e. The summed E-state index contributed by atoms with van der Waals surface area (Å²) in [6.07, 6.45) is 5.36. The third-order valence-electron chi connectivity index (χ3n) is 4.13. The van der Waals surface area contributed by atoms with Gasteiger partial charge in [0.1, 0.15) is 0 Å². The summed E-state index contributed by atoms with van der Waals surface area (Å²) in [7, 11) is -3.35. The van der Waals surface area contributed by atoms with Gasteiger partial charge in [-0.05, 0) is 17.7 Å². The van der Waals surface area contributed by atoms with E-state index in [1.54, 1.807) is 16.6 Å². The lowest BCUT2D eigenvalue weighted by molar-refractivity contribution is 0.182. The summed E-state index contributed by atoms with van der Waals surface area (Å²) in [5.74, 6) is 0. The molecule has 0 radical (unpaired) electrons. The van der Waals surface area contributed by atoms with Gasteiger partial charge in [-0.1, -0.05) is 30.3 Å². The molecular weight excluding hydrogens is 324 g/mol. The zero-order valence-corrected chi connectivity index (χ0v) is 14.3. The number of rotatable bonds is 6.